The third kappa shape index (κ3) is 2.88. The number of nitrogens with zero attached hydrogens (tertiary/aromatic N) is 2. The highest BCUT2D eigenvalue weighted by Crippen LogP contribution is 2.46. The third-order valence-electron chi connectivity index (χ3n) is 4.65. The first-order valence-corrected chi connectivity index (χ1v) is 10.9. The van der Waals surface area contributed by atoms with Gasteiger partial charge in [0.2, 0.25) is 0 Å². The Morgan fingerprint density at radius 1 is 1.15 bits per heavy atom. The fourth-order valence-electron chi connectivity index (χ4n) is 3.28. The molecule has 134 valence electrons. The first-order valence-electron chi connectivity index (χ1n) is 8.20. The van der Waals surface area contributed by atoms with Crippen LogP contribution < -0.4 is 9.64 Å². The molecule has 2 heterocycles. The SMILES string of the molecule is COc1ccc(N2C(=O)[C@H]3CS[C@@H](c4ccc(SC)cc4)N3C2=S)cc1. The van der Waals surface area contributed by atoms with E-state index in [1.807, 2.05) is 24.3 Å². The van der Waals surface area contributed by atoms with Crippen LogP contribution in [0.4, 0.5) is 5.69 Å². The van der Waals surface area contributed by atoms with Crippen LogP contribution in [0.2, 0.25) is 0 Å². The van der Waals surface area contributed by atoms with Crippen molar-refractivity contribution in [1.29, 1.82) is 0 Å². The highest BCUT2D eigenvalue weighted by molar-refractivity contribution is 8.00. The molecule has 0 saturated carbocycles. The number of benzene rings is 2. The Labute approximate surface area is 166 Å². The molecule has 2 aromatic carbocycles. The van der Waals surface area contributed by atoms with Crippen molar-refractivity contribution in [3.05, 3.63) is 54.1 Å². The maximum absolute atomic E-state index is 13.0. The van der Waals surface area contributed by atoms with Crippen LogP contribution in [0.15, 0.2) is 53.4 Å². The lowest BCUT2D eigenvalue weighted by atomic mass is 10.2. The van der Waals surface area contributed by atoms with E-state index in [0.29, 0.717) is 5.11 Å². The van der Waals surface area contributed by atoms with Crippen molar-refractivity contribution < 1.29 is 9.53 Å². The molecular weight excluding hydrogens is 384 g/mol. The number of hydrogen-bond acceptors (Lipinski definition) is 5. The fourth-order valence-corrected chi connectivity index (χ4v) is 5.61. The molecule has 7 heteroatoms. The number of rotatable bonds is 4. The van der Waals surface area contributed by atoms with Crippen molar-refractivity contribution in [3.8, 4) is 5.75 Å². The van der Waals surface area contributed by atoms with Crippen molar-refractivity contribution in [1.82, 2.24) is 4.90 Å². The molecule has 2 aliphatic rings. The fraction of sp³-hybridized carbons (Fsp3) is 0.263. The lowest BCUT2D eigenvalue weighted by molar-refractivity contribution is -0.119. The van der Waals surface area contributed by atoms with Gasteiger partial charge in [0.05, 0.1) is 12.8 Å². The van der Waals surface area contributed by atoms with Crippen molar-refractivity contribution >= 4 is 52.4 Å². The Balaban J connectivity index is 1.62. The Morgan fingerprint density at radius 3 is 2.46 bits per heavy atom. The Kier molecular flexibility index (Phi) is 4.86. The largest absolute Gasteiger partial charge is 0.497 e. The molecule has 2 aromatic rings. The van der Waals surface area contributed by atoms with Gasteiger partial charge in [-0.1, -0.05) is 12.1 Å². The van der Waals surface area contributed by atoms with Crippen LogP contribution in [0.1, 0.15) is 10.9 Å². The third-order valence-corrected chi connectivity index (χ3v) is 7.11. The van der Waals surface area contributed by atoms with E-state index in [1.165, 1.54) is 10.5 Å². The number of methoxy groups -OCH3 is 1. The Morgan fingerprint density at radius 2 is 1.85 bits per heavy atom. The molecule has 26 heavy (non-hydrogen) atoms. The normalized spacial score (nSPS) is 22.1. The van der Waals surface area contributed by atoms with Crippen LogP contribution in [-0.2, 0) is 4.79 Å². The molecule has 2 atom stereocenters. The molecule has 0 unspecified atom stereocenters. The number of thiocarbonyl (C=S) groups is 1. The molecule has 1 amide bonds. The summed E-state index contributed by atoms with van der Waals surface area (Å²) < 4.78 is 5.20. The molecule has 0 radical (unpaired) electrons. The summed E-state index contributed by atoms with van der Waals surface area (Å²) in [6.07, 6.45) is 2.07. The number of hydrogen-bond donors (Lipinski definition) is 0. The standard InChI is InChI=1S/C19H18N2O2S3/c1-23-14-7-5-13(6-8-14)20-17(22)16-11-26-18(21(16)19(20)24)12-3-9-15(25-2)10-4-12/h3-10,16,18H,11H2,1-2H3/t16-,18+/m1/s1. The summed E-state index contributed by atoms with van der Waals surface area (Å²) >= 11 is 9.20. The molecule has 2 fully saturated rings. The van der Waals surface area contributed by atoms with Crippen LogP contribution in [0.3, 0.4) is 0 Å². The maximum atomic E-state index is 13.0. The monoisotopic (exact) mass is 402 g/mol. The highest BCUT2D eigenvalue weighted by Gasteiger charge is 2.50. The van der Waals surface area contributed by atoms with E-state index in [2.05, 4.69) is 35.4 Å². The average molecular weight is 403 g/mol. The van der Waals surface area contributed by atoms with Crippen LogP contribution in [0.5, 0.6) is 5.75 Å². The average Bonchev–Trinajstić information content (AvgIpc) is 3.22. The van der Waals surface area contributed by atoms with Crippen LogP contribution in [-0.4, -0.2) is 41.1 Å². The first-order chi connectivity index (χ1) is 12.6. The molecule has 2 aliphatic heterocycles. The molecule has 4 rings (SSSR count). The van der Waals surface area contributed by atoms with Gasteiger partial charge in [0.25, 0.3) is 5.91 Å². The summed E-state index contributed by atoms with van der Waals surface area (Å²) in [5, 5.41) is 0.657. The van der Waals surface area contributed by atoms with E-state index in [0.717, 1.165) is 17.2 Å². The van der Waals surface area contributed by atoms with E-state index in [-0.39, 0.29) is 17.3 Å². The Hall–Kier alpha value is -1.70. The summed E-state index contributed by atoms with van der Waals surface area (Å²) in [6, 6.07) is 15.8. The first kappa shape index (κ1) is 17.7. The van der Waals surface area contributed by atoms with E-state index < -0.39 is 0 Å². The summed E-state index contributed by atoms with van der Waals surface area (Å²) in [5.74, 6) is 1.56. The number of amides is 1. The maximum Gasteiger partial charge on any atom is 0.257 e. The second-order valence-corrected chi connectivity index (χ2v) is 8.39. The van der Waals surface area contributed by atoms with Crippen molar-refractivity contribution in [3.63, 3.8) is 0 Å². The van der Waals surface area contributed by atoms with Crippen molar-refractivity contribution in [2.45, 2.75) is 16.3 Å². The number of ether oxygens (including phenoxy) is 1. The zero-order valence-corrected chi connectivity index (χ0v) is 16.9. The second kappa shape index (κ2) is 7.13. The molecule has 2 saturated heterocycles. The minimum absolute atomic E-state index is 0.0518. The predicted octanol–water partition coefficient (Wildman–Crippen LogP) is 4.16. The van der Waals surface area contributed by atoms with Gasteiger partial charge in [-0.15, -0.1) is 23.5 Å². The Bertz CT molecular complexity index is 839. The van der Waals surface area contributed by atoms with Crippen molar-refractivity contribution in [2.24, 2.45) is 0 Å². The zero-order valence-electron chi connectivity index (χ0n) is 14.4. The summed E-state index contributed by atoms with van der Waals surface area (Å²) in [7, 11) is 1.63. The zero-order chi connectivity index (χ0) is 18.3. The van der Waals surface area contributed by atoms with Gasteiger partial charge < -0.3 is 9.64 Å². The quantitative estimate of drug-likeness (QED) is 0.564. The van der Waals surface area contributed by atoms with Gasteiger partial charge in [-0.2, -0.15) is 0 Å². The van der Waals surface area contributed by atoms with Gasteiger partial charge in [0, 0.05) is 10.6 Å². The molecule has 0 spiro atoms. The van der Waals surface area contributed by atoms with Gasteiger partial charge in [-0.25, -0.2) is 0 Å². The molecule has 0 aliphatic carbocycles. The molecule has 4 nitrogen and oxygen atoms in total. The van der Waals surface area contributed by atoms with Gasteiger partial charge >= 0.3 is 0 Å². The van der Waals surface area contributed by atoms with Gasteiger partial charge in [0.1, 0.15) is 17.2 Å². The summed E-state index contributed by atoms with van der Waals surface area (Å²) in [6.45, 7) is 0. The second-order valence-electron chi connectivity index (χ2n) is 6.04. The molecule has 0 N–H and O–H groups in total. The number of anilines is 1. The number of fused-ring (bicyclic) bond motifs is 1. The lowest BCUT2D eigenvalue weighted by Gasteiger charge is -2.25. The summed E-state index contributed by atoms with van der Waals surface area (Å²) in [4.78, 5) is 17.9. The molecule has 0 aromatic heterocycles. The van der Waals surface area contributed by atoms with Crippen LogP contribution in [0, 0.1) is 0 Å². The van der Waals surface area contributed by atoms with Gasteiger partial charge in [-0.3, -0.25) is 9.69 Å². The summed E-state index contributed by atoms with van der Waals surface area (Å²) in [5.41, 5.74) is 1.97. The van der Waals surface area contributed by atoms with Gasteiger partial charge in [0.15, 0.2) is 5.11 Å². The number of thioether (sulfide) groups is 2. The van der Waals surface area contributed by atoms with Gasteiger partial charge in [-0.05, 0) is 60.4 Å². The lowest BCUT2D eigenvalue weighted by Crippen LogP contribution is -2.33. The van der Waals surface area contributed by atoms with E-state index in [1.54, 1.807) is 35.5 Å². The molecule has 0 bridgehead atoms. The minimum Gasteiger partial charge on any atom is -0.497 e. The van der Waals surface area contributed by atoms with E-state index in [9.17, 15) is 4.79 Å². The topological polar surface area (TPSA) is 32.8 Å². The minimum atomic E-state index is -0.195. The highest BCUT2D eigenvalue weighted by atomic mass is 32.2. The van der Waals surface area contributed by atoms with Crippen LogP contribution >= 0.6 is 35.7 Å². The molecular formula is C19H18N2O2S3. The van der Waals surface area contributed by atoms with Crippen molar-refractivity contribution in [2.75, 3.05) is 24.0 Å². The van der Waals surface area contributed by atoms with E-state index >= 15 is 0 Å². The smallest absolute Gasteiger partial charge is 0.257 e. The van der Waals surface area contributed by atoms with Crippen LogP contribution in [0.25, 0.3) is 0 Å². The predicted molar refractivity (Wildman–Crippen MR) is 112 cm³/mol. The van der Waals surface area contributed by atoms with E-state index in [4.69, 9.17) is 17.0 Å². The number of carbonyl (C=O) groups is 1. The number of carbonyl (C=O) groups excluding carboxylic acids is 1.